The van der Waals surface area contributed by atoms with Gasteiger partial charge in [0.2, 0.25) is 5.91 Å². The molecule has 1 unspecified atom stereocenters. The van der Waals surface area contributed by atoms with E-state index in [-0.39, 0.29) is 23.8 Å². The number of rotatable bonds is 6. The molecule has 0 bridgehead atoms. The highest BCUT2D eigenvalue weighted by atomic mass is 16.4. The highest BCUT2D eigenvalue weighted by Crippen LogP contribution is 2.28. The number of hydrazone groups is 1. The van der Waals surface area contributed by atoms with Crippen LogP contribution in [0.2, 0.25) is 0 Å². The summed E-state index contributed by atoms with van der Waals surface area (Å²) in [6, 6.07) is -0.373. The second-order valence-electron chi connectivity index (χ2n) is 8.37. The zero-order valence-corrected chi connectivity index (χ0v) is 15.4. The van der Waals surface area contributed by atoms with Gasteiger partial charge in [-0.2, -0.15) is 5.10 Å². The van der Waals surface area contributed by atoms with Gasteiger partial charge in [0.15, 0.2) is 0 Å². The van der Waals surface area contributed by atoms with Crippen molar-refractivity contribution in [1.82, 2.24) is 9.91 Å². The molecule has 1 aliphatic heterocycles. The zero-order valence-electron chi connectivity index (χ0n) is 15.4. The van der Waals surface area contributed by atoms with Crippen molar-refractivity contribution in [2.24, 2.45) is 16.4 Å². The molecule has 0 saturated heterocycles. The maximum Gasteiger partial charge on any atom is 0.407 e. The lowest BCUT2D eigenvalue weighted by Gasteiger charge is -2.32. The molecule has 1 atom stereocenters. The molecular formula is C18H31N3O3. The molecule has 1 N–H and O–H groups in total. The van der Waals surface area contributed by atoms with Crippen molar-refractivity contribution in [3.63, 3.8) is 0 Å². The number of amides is 2. The molecule has 1 fully saturated rings. The Morgan fingerprint density at radius 3 is 2.54 bits per heavy atom. The molecule has 1 aliphatic carbocycles. The fourth-order valence-corrected chi connectivity index (χ4v) is 3.56. The van der Waals surface area contributed by atoms with Gasteiger partial charge in [-0.15, -0.1) is 0 Å². The molecule has 2 amide bonds. The van der Waals surface area contributed by atoms with Gasteiger partial charge in [0.25, 0.3) is 0 Å². The first-order valence-corrected chi connectivity index (χ1v) is 9.04. The zero-order chi connectivity index (χ0) is 17.9. The van der Waals surface area contributed by atoms with Crippen molar-refractivity contribution in [2.45, 2.75) is 72.3 Å². The van der Waals surface area contributed by atoms with Crippen LogP contribution in [-0.4, -0.2) is 51.9 Å². The Kier molecular flexibility index (Phi) is 5.88. The molecule has 0 spiro atoms. The van der Waals surface area contributed by atoms with Gasteiger partial charge in [-0.25, -0.2) is 9.80 Å². The number of nitrogens with zero attached hydrogens (tertiary/aromatic N) is 3. The number of hydrogen-bond acceptors (Lipinski definition) is 3. The fourth-order valence-electron chi connectivity index (χ4n) is 3.56. The highest BCUT2D eigenvalue weighted by Gasteiger charge is 2.34. The van der Waals surface area contributed by atoms with Crippen LogP contribution < -0.4 is 0 Å². The van der Waals surface area contributed by atoms with E-state index in [9.17, 15) is 14.7 Å². The van der Waals surface area contributed by atoms with Gasteiger partial charge in [0.05, 0.1) is 18.2 Å². The van der Waals surface area contributed by atoms with Crippen molar-refractivity contribution in [3.8, 4) is 0 Å². The van der Waals surface area contributed by atoms with Crippen molar-refractivity contribution in [1.29, 1.82) is 0 Å². The van der Waals surface area contributed by atoms with E-state index in [4.69, 9.17) is 0 Å². The van der Waals surface area contributed by atoms with Crippen LogP contribution in [0, 0.1) is 11.3 Å². The van der Waals surface area contributed by atoms with Gasteiger partial charge in [0.1, 0.15) is 0 Å². The lowest BCUT2D eigenvalue weighted by molar-refractivity contribution is -0.128. The Labute approximate surface area is 144 Å². The van der Waals surface area contributed by atoms with Gasteiger partial charge < -0.3 is 5.11 Å². The quantitative estimate of drug-likeness (QED) is 0.805. The summed E-state index contributed by atoms with van der Waals surface area (Å²) in [6.07, 6.45) is 5.38. The molecule has 2 rings (SSSR count). The summed E-state index contributed by atoms with van der Waals surface area (Å²) in [7, 11) is 0. The smallest absolute Gasteiger partial charge is 0.407 e. The van der Waals surface area contributed by atoms with Crippen molar-refractivity contribution < 1.29 is 14.7 Å². The van der Waals surface area contributed by atoms with E-state index >= 15 is 0 Å². The second-order valence-corrected chi connectivity index (χ2v) is 8.37. The van der Waals surface area contributed by atoms with Crippen LogP contribution in [-0.2, 0) is 4.79 Å². The summed E-state index contributed by atoms with van der Waals surface area (Å²) in [5.41, 5.74) is 0.524. The molecule has 6 heteroatoms. The van der Waals surface area contributed by atoms with Gasteiger partial charge in [-0.1, -0.05) is 46.5 Å². The predicted molar refractivity (Wildman–Crippen MR) is 94.0 cm³/mol. The van der Waals surface area contributed by atoms with E-state index in [1.165, 1.54) is 30.6 Å². The fraction of sp³-hybridized carbons (Fsp3) is 0.833. The van der Waals surface area contributed by atoms with Crippen LogP contribution in [0.4, 0.5) is 4.79 Å². The maximum absolute atomic E-state index is 12.2. The van der Waals surface area contributed by atoms with Crippen molar-refractivity contribution >= 4 is 17.7 Å². The minimum atomic E-state index is -0.961. The lowest BCUT2D eigenvalue weighted by Crippen LogP contribution is -2.46. The standard InChI is InChI=1S/C18H31N3O3/c1-13(20(17(23)24)12-18(2,3)4)15-11-16(22)21(19-15)10-9-14-7-5-6-8-14/h13-14H,5-12H2,1-4H3,(H,23,24). The summed E-state index contributed by atoms with van der Waals surface area (Å²) in [5.74, 6) is 0.710. The Morgan fingerprint density at radius 2 is 2.00 bits per heavy atom. The topological polar surface area (TPSA) is 73.2 Å². The molecule has 0 aromatic heterocycles. The molecule has 1 saturated carbocycles. The summed E-state index contributed by atoms with van der Waals surface area (Å²) in [5, 5.41) is 15.5. The summed E-state index contributed by atoms with van der Waals surface area (Å²) >= 11 is 0. The molecule has 24 heavy (non-hydrogen) atoms. The molecule has 2 aliphatic rings. The van der Waals surface area contributed by atoms with Crippen molar-refractivity contribution in [3.05, 3.63) is 0 Å². The van der Waals surface area contributed by atoms with Gasteiger partial charge >= 0.3 is 6.09 Å². The molecule has 6 nitrogen and oxygen atoms in total. The summed E-state index contributed by atoms with van der Waals surface area (Å²) in [4.78, 5) is 25.2. The van der Waals surface area contributed by atoms with E-state index in [2.05, 4.69) is 5.10 Å². The highest BCUT2D eigenvalue weighted by molar-refractivity contribution is 6.07. The number of hydrogen-bond donors (Lipinski definition) is 1. The normalized spacial score (nSPS) is 20.4. The average Bonchev–Trinajstić information content (AvgIpc) is 3.10. The molecule has 0 radical (unpaired) electrons. The number of carbonyl (C=O) groups excluding carboxylic acids is 1. The van der Waals surface area contributed by atoms with E-state index in [1.807, 2.05) is 27.7 Å². The molecular weight excluding hydrogens is 306 g/mol. The van der Waals surface area contributed by atoms with Gasteiger partial charge in [-0.3, -0.25) is 9.69 Å². The Bertz CT molecular complexity index is 504. The third kappa shape index (κ3) is 4.95. The Morgan fingerprint density at radius 1 is 1.38 bits per heavy atom. The third-order valence-corrected chi connectivity index (χ3v) is 4.93. The summed E-state index contributed by atoms with van der Waals surface area (Å²) in [6.45, 7) is 8.92. The summed E-state index contributed by atoms with van der Waals surface area (Å²) < 4.78 is 0. The van der Waals surface area contributed by atoms with E-state index in [0.29, 0.717) is 24.7 Å². The largest absolute Gasteiger partial charge is 0.465 e. The SMILES string of the molecule is CC(C1=NN(CCC2CCCC2)C(=O)C1)N(CC(C)(C)C)C(=O)O. The Balaban J connectivity index is 1.99. The average molecular weight is 337 g/mol. The monoisotopic (exact) mass is 337 g/mol. The first kappa shape index (κ1) is 18.7. The van der Waals surface area contributed by atoms with Gasteiger partial charge in [-0.05, 0) is 24.7 Å². The van der Waals surface area contributed by atoms with Gasteiger partial charge in [0, 0.05) is 13.1 Å². The lowest BCUT2D eigenvalue weighted by atomic mass is 9.95. The van der Waals surface area contributed by atoms with Crippen LogP contribution in [0.5, 0.6) is 0 Å². The van der Waals surface area contributed by atoms with Crippen LogP contribution >= 0.6 is 0 Å². The first-order valence-electron chi connectivity index (χ1n) is 9.04. The minimum Gasteiger partial charge on any atom is -0.465 e. The Hall–Kier alpha value is -1.59. The van der Waals surface area contributed by atoms with Crippen LogP contribution in [0.15, 0.2) is 5.10 Å². The molecule has 0 aromatic rings. The minimum absolute atomic E-state index is 0.00376. The third-order valence-electron chi connectivity index (χ3n) is 4.93. The van der Waals surface area contributed by atoms with E-state index in [0.717, 1.165) is 6.42 Å². The molecule has 1 heterocycles. The first-order chi connectivity index (χ1) is 11.2. The molecule has 0 aromatic carbocycles. The predicted octanol–water partition coefficient (Wildman–Crippen LogP) is 3.57. The van der Waals surface area contributed by atoms with E-state index in [1.54, 1.807) is 5.01 Å². The number of carbonyl (C=O) groups is 2. The van der Waals surface area contributed by atoms with Crippen LogP contribution in [0.25, 0.3) is 0 Å². The van der Waals surface area contributed by atoms with E-state index < -0.39 is 6.09 Å². The van der Waals surface area contributed by atoms with Crippen molar-refractivity contribution in [2.75, 3.05) is 13.1 Å². The van der Waals surface area contributed by atoms with Crippen LogP contribution in [0.3, 0.4) is 0 Å². The number of carboxylic acid groups (broad SMARTS) is 1. The second kappa shape index (κ2) is 7.53. The maximum atomic E-state index is 12.2. The molecule has 136 valence electrons. The van der Waals surface area contributed by atoms with Crippen LogP contribution in [0.1, 0.15) is 66.2 Å².